The lowest BCUT2D eigenvalue weighted by Gasteiger charge is -2.35. The van der Waals surface area contributed by atoms with E-state index in [2.05, 4.69) is 46.2 Å². The van der Waals surface area contributed by atoms with Gasteiger partial charge < -0.3 is 9.80 Å². The fourth-order valence-electron chi connectivity index (χ4n) is 4.85. The van der Waals surface area contributed by atoms with Crippen LogP contribution in [0.1, 0.15) is 27.0 Å². The Bertz CT molecular complexity index is 1190. The second-order valence-electron chi connectivity index (χ2n) is 8.98. The van der Waals surface area contributed by atoms with E-state index in [1.54, 1.807) is 12.1 Å². The smallest absolute Gasteiger partial charge is 0.269 e. The molecule has 174 valence electrons. The van der Waals surface area contributed by atoms with Crippen molar-refractivity contribution in [2.24, 2.45) is 0 Å². The average molecular weight is 457 g/mol. The summed E-state index contributed by atoms with van der Waals surface area (Å²) >= 11 is 0. The molecule has 0 aromatic heterocycles. The first-order valence-electron chi connectivity index (χ1n) is 11.7. The molecule has 1 fully saturated rings. The third-order valence-corrected chi connectivity index (χ3v) is 6.80. The Kier molecular flexibility index (Phi) is 6.27. The molecule has 0 N–H and O–H groups in total. The predicted octanol–water partition coefficient (Wildman–Crippen LogP) is 4.12. The van der Waals surface area contributed by atoms with Crippen LogP contribution < -0.4 is 4.90 Å². The minimum atomic E-state index is -0.366. The van der Waals surface area contributed by atoms with Crippen molar-refractivity contribution >= 4 is 17.3 Å². The number of carbonyl (C=O) groups is 1. The highest BCUT2D eigenvalue weighted by molar-refractivity contribution is 5.94. The fourth-order valence-corrected chi connectivity index (χ4v) is 4.85. The van der Waals surface area contributed by atoms with Gasteiger partial charge in [0.05, 0.1) is 4.92 Å². The van der Waals surface area contributed by atoms with E-state index in [-0.39, 0.29) is 16.5 Å². The molecule has 0 bridgehead atoms. The summed E-state index contributed by atoms with van der Waals surface area (Å²) < 4.78 is 0. The number of hydrogen-bond acceptors (Lipinski definition) is 5. The quantitative estimate of drug-likeness (QED) is 0.427. The minimum absolute atomic E-state index is 0.0607. The molecule has 2 aliphatic rings. The van der Waals surface area contributed by atoms with Crippen molar-refractivity contribution in [3.63, 3.8) is 0 Å². The number of nitro groups is 1. The Labute approximate surface area is 199 Å². The summed E-state index contributed by atoms with van der Waals surface area (Å²) in [5.74, 6) is 0.0607. The lowest BCUT2D eigenvalue weighted by Crippen LogP contribution is -2.48. The van der Waals surface area contributed by atoms with E-state index < -0.39 is 0 Å². The number of nitrogens with zero attached hydrogens (tertiary/aromatic N) is 4. The van der Waals surface area contributed by atoms with E-state index in [4.69, 9.17) is 0 Å². The third kappa shape index (κ3) is 4.79. The number of fused-ring (bicyclic) bond motifs is 1. The highest BCUT2D eigenvalue weighted by Crippen LogP contribution is 2.25. The van der Waals surface area contributed by atoms with E-state index in [0.717, 1.165) is 43.9 Å². The molecule has 5 rings (SSSR count). The second kappa shape index (κ2) is 9.65. The predicted molar refractivity (Wildman–Crippen MR) is 132 cm³/mol. The van der Waals surface area contributed by atoms with Gasteiger partial charge in [0.1, 0.15) is 0 Å². The first-order chi connectivity index (χ1) is 16.6. The summed E-state index contributed by atoms with van der Waals surface area (Å²) in [5.41, 5.74) is 5.70. The van der Waals surface area contributed by atoms with Gasteiger partial charge in [0.25, 0.3) is 11.6 Å². The number of amides is 1. The number of anilines is 1. The number of piperazine rings is 1. The summed E-state index contributed by atoms with van der Waals surface area (Å²) in [4.78, 5) is 30.2. The first kappa shape index (κ1) is 22.1. The summed E-state index contributed by atoms with van der Waals surface area (Å²) in [6, 6.07) is 23.3. The molecule has 3 aromatic carbocycles. The lowest BCUT2D eigenvalue weighted by atomic mass is 9.99. The van der Waals surface area contributed by atoms with Crippen LogP contribution in [0.3, 0.4) is 0 Å². The highest BCUT2D eigenvalue weighted by atomic mass is 16.6. The van der Waals surface area contributed by atoms with Crippen LogP contribution in [0.5, 0.6) is 0 Å². The van der Waals surface area contributed by atoms with Crippen molar-refractivity contribution in [1.29, 1.82) is 0 Å². The van der Waals surface area contributed by atoms with Gasteiger partial charge in [-0.15, -0.1) is 0 Å². The van der Waals surface area contributed by atoms with Gasteiger partial charge in [-0.2, -0.15) is 0 Å². The molecular weight excluding hydrogens is 428 g/mol. The molecular formula is C27H28N4O3. The molecule has 2 heterocycles. The molecule has 0 spiro atoms. The SMILES string of the molecule is O=C(c1ccc(N2CCc3ccccc3C2)cc1)N1CCN(Cc2cccc([N+](=O)[O-])c2)CC1. The number of nitro benzene ring substituents is 1. The van der Waals surface area contributed by atoms with E-state index in [1.165, 1.54) is 17.2 Å². The maximum Gasteiger partial charge on any atom is 0.269 e. The number of benzene rings is 3. The Balaban J connectivity index is 1.16. The maximum absolute atomic E-state index is 13.1. The van der Waals surface area contributed by atoms with Gasteiger partial charge in [-0.05, 0) is 47.4 Å². The zero-order valence-corrected chi connectivity index (χ0v) is 19.1. The zero-order chi connectivity index (χ0) is 23.5. The van der Waals surface area contributed by atoms with E-state index >= 15 is 0 Å². The average Bonchev–Trinajstić information content (AvgIpc) is 2.89. The van der Waals surface area contributed by atoms with Crippen LogP contribution in [-0.2, 0) is 19.5 Å². The highest BCUT2D eigenvalue weighted by Gasteiger charge is 2.23. The van der Waals surface area contributed by atoms with Crippen LogP contribution in [0.15, 0.2) is 72.8 Å². The monoisotopic (exact) mass is 456 g/mol. The summed E-state index contributed by atoms with van der Waals surface area (Å²) in [6.07, 6.45) is 1.04. The van der Waals surface area contributed by atoms with E-state index in [0.29, 0.717) is 25.2 Å². The maximum atomic E-state index is 13.1. The van der Waals surface area contributed by atoms with Gasteiger partial charge >= 0.3 is 0 Å². The van der Waals surface area contributed by atoms with Gasteiger partial charge in [-0.25, -0.2) is 0 Å². The lowest BCUT2D eigenvalue weighted by molar-refractivity contribution is -0.384. The molecule has 0 atom stereocenters. The van der Waals surface area contributed by atoms with Crippen molar-refractivity contribution in [2.45, 2.75) is 19.5 Å². The van der Waals surface area contributed by atoms with Gasteiger partial charge in [-0.1, -0.05) is 36.4 Å². The van der Waals surface area contributed by atoms with Crippen LogP contribution in [0.2, 0.25) is 0 Å². The van der Waals surface area contributed by atoms with Crippen LogP contribution in [0.4, 0.5) is 11.4 Å². The van der Waals surface area contributed by atoms with Crippen molar-refractivity contribution in [1.82, 2.24) is 9.80 Å². The van der Waals surface area contributed by atoms with Gasteiger partial charge in [0.15, 0.2) is 0 Å². The van der Waals surface area contributed by atoms with Crippen LogP contribution in [0, 0.1) is 10.1 Å². The minimum Gasteiger partial charge on any atom is -0.367 e. The normalized spacial score (nSPS) is 16.2. The molecule has 0 radical (unpaired) electrons. The van der Waals surface area contributed by atoms with Gasteiger partial charge in [0, 0.05) is 69.2 Å². The molecule has 34 heavy (non-hydrogen) atoms. The van der Waals surface area contributed by atoms with Crippen LogP contribution in [0.25, 0.3) is 0 Å². The molecule has 0 unspecified atom stereocenters. The topological polar surface area (TPSA) is 69.9 Å². The Morgan fingerprint density at radius 3 is 2.32 bits per heavy atom. The van der Waals surface area contributed by atoms with Crippen LogP contribution in [-0.4, -0.2) is 53.4 Å². The number of rotatable bonds is 5. The Hall–Kier alpha value is -3.71. The van der Waals surface area contributed by atoms with Crippen LogP contribution >= 0.6 is 0 Å². The summed E-state index contributed by atoms with van der Waals surface area (Å²) in [5, 5.41) is 11.0. The van der Waals surface area contributed by atoms with Crippen molar-refractivity contribution in [3.8, 4) is 0 Å². The summed E-state index contributed by atoms with van der Waals surface area (Å²) in [6.45, 7) is 5.33. The standard InChI is InChI=1S/C27H28N4O3/c32-27(29-16-14-28(15-17-29)19-21-4-3-7-26(18-21)31(33)34)23-8-10-25(11-9-23)30-13-12-22-5-1-2-6-24(22)20-30/h1-11,18H,12-17,19-20H2. The molecule has 1 saturated heterocycles. The molecule has 0 saturated carbocycles. The zero-order valence-electron chi connectivity index (χ0n) is 19.1. The number of hydrogen-bond donors (Lipinski definition) is 0. The molecule has 3 aromatic rings. The molecule has 7 heteroatoms. The van der Waals surface area contributed by atoms with Crippen molar-refractivity contribution in [2.75, 3.05) is 37.6 Å². The number of carbonyl (C=O) groups excluding carboxylic acids is 1. The first-order valence-corrected chi connectivity index (χ1v) is 11.7. The second-order valence-corrected chi connectivity index (χ2v) is 8.98. The van der Waals surface area contributed by atoms with Crippen molar-refractivity contribution < 1.29 is 9.72 Å². The molecule has 1 amide bonds. The number of non-ortho nitro benzene ring substituents is 1. The fraction of sp³-hybridized carbons (Fsp3) is 0.296. The van der Waals surface area contributed by atoms with E-state index in [1.807, 2.05) is 23.1 Å². The molecule has 7 nitrogen and oxygen atoms in total. The molecule has 0 aliphatic carbocycles. The third-order valence-electron chi connectivity index (χ3n) is 6.80. The summed E-state index contributed by atoms with van der Waals surface area (Å²) in [7, 11) is 0. The Morgan fingerprint density at radius 2 is 1.59 bits per heavy atom. The van der Waals surface area contributed by atoms with Gasteiger partial charge in [-0.3, -0.25) is 19.8 Å². The molecule has 2 aliphatic heterocycles. The van der Waals surface area contributed by atoms with Gasteiger partial charge in [0.2, 0.25) is 0 Å². The Morgan fingerprint density at radius 1 is 0.853 bits per heavy atom. The van der Waals surface area contributed by atoms with E-state index in [9.17, 15) is 14.9 Å². The van der Waals surface area contributed by atoms with Crippen molar-refractivity contribution in [3.05, 3.63) is 105 Å². The largest absolute Gasteiger partial charge is 0.367 e.